The van der Waals surface area contributed by atoms with E-state index in [0.717, 1.165) is 29.3 Å². The zero-order valence-corrected chi connectivity index (χ0v) is 8.50. The minimum absolute atomic E-state index is 0.188. The smallest absolute Gasteiger partial charge is 0.258 e. The summed E-state index contributed by atoms with van der Waals surface area (Å²) in [6.45, 7) is 0. The van der Waals surface area contributed by atoms with E-state index in [-0.39, 0.29) is 10.6 Å². The molecule has 0 amide bonds. The summed E-state index contributed by atoms with van der Waals surface area (Å²) in [5, 5.41) is 10.5. The highest BCUT2D eigenvalue weighted by Crippen LogP contribution is 2.32. The molecule has 0 bridgehead atoms. The molecular weight excluding hydrogens is 234 g/mol. The van der Waals surface area contributed by atoms with Crippen molar-refractivity contribution in [2.24, 2.45) is 0 Å². The first-order chi connectivity index (χ1) is 6.18. The second-order valence-corrected chi connectivity index (χ2v) is 4.03. The average Bonchev–Trinajstić information content (AvgIpc) is 2.51. The van der Waals surface area contributed by atoms with Crippen LogP contribution >= 0.6 is 15.9 Å². The van der Waals surface area contributed by atoms with E-state index in [1.165, 1.54) is 5.56 Å². The fourth-order valence-electron chi connectivity index (χ4n) is 1.74. The van der Waals surface area contributed by atoms with Gasteiger partial charge in [-0.25, -0.2) is 0 Å². The molecule has 0 heterocycles. The van der Waals surface area contributed by atoms with E-state index < -0.39 is 0 Å². The van der Waals surface area contributed by atoms with Gasteiger partial charge in [-0.05, 0) is 30.4 Å². The Morgan fingerprint density at radius 2 is 2.15 bits per heavy atom. The molecule has 4 heteroatoms. The second-order valence-electron chi connectivity index (χ2n) is 3.18. The van der Waals surface area contributed by atoms with Crippen LogP contribution in [0, 0.1) is 10.1 Å². The predicted molar refractivity (Wildman–Crippen MR) is 52.8 cm³/mol. The molecule has 0 N–H and O–H groups in total. The van der Waals surface area contributed by atoms with Gasteiger partial charge in [0.25, 0.3) is 5.69 Å². The molecule has 0 radical (unpaired) electrons. The zero-order chi connectivity index (χ0) is 9.42. The third-order valence-electron chi connectivity index (χ3n) is 2.36. The van der Waals surface area contributed by atoms with Crippen LogP contribution in [0.2, 0.25) is 0 Å². The molecule has 0 unspecified atom stereocenters. The lowest BCUT2D eigenvalue weighted by molar-refractivity contribution is -0.385. The van der Waals surface area contributed by atoms with Gasteiger partial charge in [0.15, 0.2) is 0 Å². The molecule has 0 aliphatic heterocycles. The van der Waals surface area contributed by atoms with Gasteiger partial charge in [-0.3, -0.25) is 10.1 Å². The molecule has 68 valence electrons. The fourth-order valence-corrected chi connectivity index (χ4v) is 2.43. The van der Waals surface area contributed by atoms with Crippen molar-refractivity contribution in [1.82, 2.24) is 0 Å². The van der Waals surface area contributed by atoms with E-state index in [1.54, 1.807) is 12.1 Å². The Labute approximate surface area is 84.0 Å². The maximum atomic E-state index is 10.5. The normalized spacial score (nSPS) is 14.2. The number of aryl methyl sites for hydroxylation is 1. The number of nitro benzene ring substituents is 1. The fraction of sp³-hybridized carbons (Fsp3) is 0.333. The lowest BCUT2D eigenvalue weighted by Crippen LogP contribution is -1.91. The molecule has 13 heavy (non-hydrogen) atoms. The summed E-state index contributed by atoms with van der Waals surface area (Å²) < 4.78 is 0.884. The number of hydrogen-bond donors (Lipinski definition) is 0. The van der Waals surface area contributed by atoms with E-state index in [1.807, 2.05) is 0 Å². The minimum atomic E-state index is -0.344. The molecular formula is C9H8BrNO2. The van der Waals surface area contributed by atoms with Crippen molar-refractivity contribution in [3.05, 3.63) is 37.8 Å². The van der Waals surface area contributed by atoms with Crippen molar-refractivity contribution in [3.63, 3.8) is 0 Å². The summed E-state index contributed by atoms with van der Waals surface area (Å²) in [6.07, 6.45) is 3.11. The largest absolute Gasteiger partial charge is 0.270 e. The van der Waals surface area contributed by atoms with Crippen LogP contribution in [0.15, 0.2) is 16.6 Å². The molecule has 1 aromatic rings. The predicted octanol–water partition coefficient (Wildman–Crippen LogP) is 2.85. The molecule has 2 rings (SSSR count). The number of halogens is 1. The minimum Gasteiger partial charge on any atom is -0.258 e. The van der Waals surface area contributed by atoms with Crippen LogP contribution in [-0.2, 0) is 12.8 Å². The van der Waals surface area contributed by atoms with Gasteiger partial charge in [0.2, 0.25) is 0 Å². The van der Waals surface area contributed by atoms with Crippen LogP contribution in [0.1, 0.15) is 17.5 Å². The van der Waals surface area contributed by atoms with E-state index in [0.29, 0.717) is 0 Å². The molecule has 1 aliphatic rings. The van der Waals surface area contributed by atoms with Crippen LogP contribution in [0.25, 0.3) is 0 Å². The maximum absolute atomic E-state index is 10.5. The van der Waals surface area contributed by atoms with Gasteiger partial charge in [-0.15, -0.1) is 0 Å². The molecule has 0 spiro atoms. The summed E-state index contributed by atoms with van der Waals surface area (Å²) in [5.41, 5.74) is 2.55. The monoisotopic (exact) mass is 241 g/mol. The highest BCUT2D eigenvalue weighted by molar-refractivity contribution is 9.10. The molecule has 3 nitrogen and oxygen atoms in total. The third-order valence-corrected chi connectivity index (χ3v) is 3.06. The van der Waals surface area contributed by atoms with Crippen molar-refractivity contribution < 1.29 is 4.92 Å². The molecule has 0 saturated carbocycles. The maximum Gasteiger partial charge on any atom is 0.270 e. The van der Waals surface area contributed by atoms with Gasteiger partial charge in [-0.1, -0.05) is 15.9 Å². The zero-order valence-electron chi connectivity index (χ0n) is 6.92. The number of benzene rings is 1. The van der Waals surface area contributed by atoms with Gasteiger partial charge < -0.3 is 0 Å². The first-order valence-electron chi connectivity index (χ1n) is 4.14. The molecule has 0 saturated heterocycles. The van der Waals surface area contributed by atoms with Gasteiger partial charge in [0.05, 0.1) is 4.92 Å². The van der Waals surface area contributed by atoms with E-state index in [9.17, 15) is 10.1 Å². The van der Waals surface area contributed by atoms with Gasteiger partial charge in [-0.2, -0.15) is 0 Å². The number of nitrogens with zero attached hydrogens (tertiary/aromatic N) is 1. The molecule has 0 aromatic heterocycles. The van der Waals surface area contributed by atoms with Crippen molar-refractivity contribution >= 4 is 21.6 Å². The van der Waals surface area contributed by atoms with E-state index in [4.69, 9.17) is 0 Å². The van der Waals surface area contributed by atoms with Crippen molar-refractivity contribution in [2.75, 3.05) is 0 Å². The van der Waals surface area contributed by atoms with Crippen LogP contribution in [0.3, 0.4) is 0 Å². The van der Waals surface area contributed by atoms with E-state index in [2.05, 4.69) is 15.9 Å². The van der Waals surface area contributed by atoms with Gasteiger partial charge in [0, 0.05) is 16.6 Å². The van der Waals surface area contributed by atoms with Crippen molar-refractivity contribution in [2.45, 2.75) is 19.3 Å². The third kappa shape index (κ3) is 1.46. The topological polar surface area (TPSA) is 43.1 Å². The van der Waals surface area contributed by atoms with Gasteiger partial charge >= 0.3 is 0 Å². The SMILES string of the molecule is O=[N+]([O-])c1cc(Br)c2c(c1)CCC2. The standard InChI is InChI=1S/C9H8BrNO2/c10-9-5-7(11(12)13)4-6-2-1-3-8(6)9/h4-5H,1-3H2. The van der Waals surface area contributed by atoms with Crippen molar-refractivity contribution in [1.29, 1.82) is 0 Å². The summed E-state index contributed by atoms with van der Waals surface area (Å²) >= 11 is 3.36. The molecule has 1 aliphatic carbocycles. The van der Waals surface area contributed by atoms with Crippen LogP contribution < -0.4 is 0 Å². The Kier molecular flexibility index (Phi) is 2.07. The Morgan fingerprint density at radius 1 is 1.38 bits per heavy atom. The number of fused-ring (bicyclic) bond motifs is 1. The highest BCUT2D eigenvalue weighted by atomic mass is 79.9. The summed E-state index contributed by atoms with van der Waals surface area (Å²) in [6, 6.07) is 3.28. The number of non-ortho nitro benzene ring substituents is 1. The van der Waals surface area contributed by atoms with E-state index >= 15 is 0 Å². The number of nitro groups is 1. The quantitative estimate of drug-likeness (QED) is 0.561. The second kappa shape index (κ2) is 3.10. The summed E-state index contributed by atoms with van der Waals surface area (Å²) in [7, 11) is 0. The number of hydrogen-bond acceptors (Lipinski definition) is 2. The Morgan fingerprint density at radius 3 is 2.85 bits per heavy atom. The number of rotatable bonds is 1. The first-order valence-corrected chi connectivity index (χ1v) is 4.93. The summed E-state index contributed by atoms with van der Waals surface area (Å²) in [4.78, 5) is 10.2. The molecule has 0 fully saturated rings. The van der Waals surface area contributed by atoms with Crippen LogP contribution in [0.4, 0.5) is 5.69 Å². The molecule has 1 aromatic carbocycles. The Bertz CT molecular complexity index is 376. The molecule has 0 atom stereocenters. The van der Waals surface area contributed by atoms with Gasteiger partial charge in [0.1, 0.15) is 0 Å². The Balaban J connectivity index is 2.55. The highest BCUT2D eigenvalue weighted by Gasteiger charge is 2.18. The average molecular weight is 242 g/mol. The Hall–Kier alpha value is -0.900. The van der Waals surface area contributed by atoms with Crippen LogP contribution in [-0.4, -0.2) is 4.92 Å². The first kappa shape index (κ1) is 8.69. The lowest BCUT2D eigenvalue weighted by Gasteiger charge is -2.01. The van der Waals surface area contributed by atoms with Crippen molar-refractivity contribution in [3.8, 4) is 0 Å². The lowest BCUT2D eigenvalue weighted by atomic mass is 10.1. The summed E-state index contributed by atoms with van der Waals surface area (Å²) in [5.74, 6) is 0. The van der Waals surface area contributed by atoms with Crippen LogP contribution in [0.5, 0.6) is 0 Å².